The third-order valence-electron chi connectivity index (χ3n) is 6.10. The lowest BCUT2D eigenvalue weighted by Crippen LogP contribution is -2.30. The standard InChI is InChI=1S/C21H30N4OS2/c1-21(2,3)14-8-9-15-13(11-14)12-17(27-15)18-23-24-20(25(18)4)28-16-7-5-6-10-22-19(16)26/h12,14,16H,5-11H2,1-4H3,(H,22,26)/t14-,16-/m0/s1. The van der Waals surface area contributed by atoms with Gasteiger partial charge in [-0.1, -0.05) is 39.0 Å². The molecule has 0 spiro atoms. The van der Waals surface area contributed by atoms with Crippen molar-refractivity contribution < 1.29 is 4.79 Å². The molecular formula is C21H30N4OS2. The molecule has 7 heteroatoms. The number of amides is 1. The number of carbonyl (C=O) groups excluding carboxylic acids is 1. The average molecular weight is 419 g/mol. The summed E-state index contributed by atoms with van der Waals surface area (Å²) in [4.78, 5) is 15.0. The molecule has 1 aliphatic heterocycles. The number of fused-ring (bicyclic) bond motifs is 1. The fourth-order valence-corrected chi connectivity index (χ4v) is 6.45. The van der Waals surface area contributed by atoms with Crippen molar-refractivity contribution in [2.75, 3.05) is 6.54 Å². The smallest absolute Gasteiger partial charge is 0.233 e. The van der Waals surface area contributed by atoms with Crippen LogP contribution in [0, 0.1) is 11.3 Å². The molecule has 0 radical (unpaired) electrons. The van der Waals surface area contributed by atoms with E-state index in [0.717, 1.165) is 49.1 Å². The average Bonchev–Trinajstić information content (AvgIpc) is 3.15. The van der Waals surface area contributed by atoms with Gasteiger partial charge in [0, 0.05) is 18.5 Å². The van der Waals surface area contributed by atoms with Gasteiger partial charge in [0.05, 0.1) is 10.1 Å². The number of hydrogen-bond donors (Lipinski definition) is 1. The van der Waals surface area contributed by atoms with Gasteiger partial charge in [-0.2, -0.15) is 0 Å². The van der Waals surface area contributed by atoms with Crippen LogP contribution >= 0.6 is 23.1 Å². The van der Waals surface area contributed by atoms with Crippen LogP contribution in [0.5, 0.6) is 0 Å². The van der Waals surface area contributed by atoms with Crippen molar-refractivity contribution in [3.63, 3.8) is 0 Å². The fourth-order valence-electron chi connectivity index (χ4n) is 4.16. The van der Waals surface area contributed by atoms with Gasteiger partial charge in [-0.25, -0.2) is 0 Å². The Labute approximate surface area is 175 Å². The monoisotopic (exact) mass is 418 g/mol. The Hall–Kier alpha value is -1.34. The number of hydrogen-bond acceptors (Lipinski definition) is 5. The molecule has 0 saturated carbocycles. The molecule has 5 nitrogen and oxygen atoms in total. The van der Waals surface area contributed by atoms with Crippen molar-refractivity contribution in [2.24, 2.45) is 18.4 Å². The van der Waals surface area contributed by atoms with E-state index in [-0.39, 0.29) is 11.2 Å². The molecular weight excluding hydrogens is 388 g/mol. The van der Waals surface area contributed by atoms with Crippen LogP contribution in [0.1, 0.15) is 56.9 Å². The van der Waals surface area contributed by atoms with Crippen LogP contribution in [0.2, 0.25) is 0 Å². The SMILES string of the molecule is Cn1c(S[C@H]2CCCCNC2=O)nnc1-c1cc2c(s1)CC[C@H](C(C)(C)C)C2. The first-order chi connectivity index (χ1) is 13.3. The highest BCUT2D eigenvalue weighted by molar-refractivity contribution is 8.00. The van der Waals surface area contributed by atoms with Crippen molar-refractivity contribution in [1.82, 2.24) is 20.1 Å². The Balaban J connectivity index is 1.54. The molecule has 2 aromatic heterocycles. The largest absolute Gasteiger partial charge is 0.355 e. The number of rotatable bonds is 3. The first kappa shape index (κ1) is 20.0. The Morgan fingerprint density at radius 1 is 1.25 bits per heavy atom. The zero-order valence-electron chi connectivity index (χ0n) is 17.2. The summed E-state index contributed by atoms with van der Waals surface area (Å²) in [6, 6.07) is 2.33. The van der Waals surface area contributed by atoms with Crippen molar-refractivity contribution >= 4 is 29.0 Å². The number of thiophene rings is 1. The molecule has 0 unspecified atom stereocenters. The summed E-state index contributed by atoms with van der Waals surface area (Å²) in [5.74, 6) is 1.79. The molecule has 0 bridgehead atoms. The van der Waals surface area contributed by atoms with E-state index in [2.05, 4.69) is 46.9 Å². The van der Waals surface area contributed by atoms with Crippen molar-refractivity contribution in [3.05, 3.63) is 16.5 Å². The minimum Gasteiger partial charge on any atom is -0.355 e. The number of thioether (sulfide) groups is 1. The second kappa shape index (κ2) is 7.82. The molecule has 1 saturated heterocycles. The summed E-state index contributed by atoms with van der Waals surface area (Å²) in [6.07, 6.45) is 6.64. The first-order valence-electron chi connectivity index (χ1n) is 10.3. The summed E-state index contributed by atoms with van der Waals surface area (Å²) in [7, 11) is 2.02. The van der Waals surface area contributed by atoms with Gasteiger partial charge < -0.3 is 9.88 Å². The predicted molar refractivity (Wildman–Crippen MR) is 116 cm³/mol. The highest BCUT2D eigenvalue weighted by atomic mass is 32.2. The summed E-state index contributed by atoms with van der Waals surface area (Å²) < 4.78 is 2.06. The third-order valence-corrected chi connectivity index (χ3v) is 8.63. The Kier molecular flexibility index (Phi) is 5.58. The van der Waals surface area contributed by atoms with Crippen LogP contribution in [0.25, 0.3) is 10.7 Å². The Bertz CT molecular complexity index is 864. The molecule has 3 heterocycles. The third kappa shape index (κ3) is 4.01. The fraction of sp³-hybridized carbons (Fsp3) is 0.667. The summed E-state index contributed by atoms with van der Waals surface area (Å²) >= 11 is 3.42. The quantitative estimate of drug-likeness (QED) is 0.800. The molecule has 2 aliphatic rings. The molecule has 1 fully saturated rings. The molecule has 2 aromatic rings. The minimum absolute atomic E-state index is 0.0673. The van der Waals surface area contributed by atoms with E-state index in [9.17, 15) is 4.79 Å². The van der Waals surface area contributed by atoms with Gasteiger partial charge in [0.2, 0.25) is 5.91 Å². The molecule has 152 valence electrons. The van der Waals surface area contributed by atoms with Crippen LogP contribution in [0.3, 0.4) is 0 Å². The van der Waals surface area contributed by atoms with Gasteiger partial charge in [-0.15, -0.1) is 21.5 Å². The Morgan fingerprint density at radius 3 is 2.86 bits per heavy atom. The van der Waals surface area contributed by atoms with Crippen molar-refractivity contribution in [3.8, 4) is 10.7 Å². The lowest BCUT2D eigenvalue weighted by molar-refractivity contribution is -0.120. The highest BCUT2D eigenvalue weighted by Gasteiger charge is 2.31. The second-order valence-electron chi connectivity index (χ2n) is 9.12. The summed E-state index contributed by atoms with van der Waals surface area (Å²) in [5.41, 5.74) is 1.85. The molecule has 1 N–H and O–H groups in total. The minimum atomic E-state index is -0.0673. The Morgan fingerprint density at radius 2 is 2.07 bits per heavy atom. The lowest BCUT2D eigenvalue weighted by atomic mass is 9.72. The van der Waals surface area contributed by atoms with Crippen LogP contribution in [0.4, 0.5) is 0 Å². The predicted octanol–water partition coefficient (Wildman–Crippen LogP) is 4.46. The van der Waals surface area contributed by atoms with Crippen LogP contribution in [-0.2, 0) is 24.7 Å². The van der Waals surface area contributed by atoms with Crippen LogP contribution < -0.4 is 5.32 Å². The lowest BCUT2D eigenvalue weighted by Gasteiger charge is -2.33. The van der Waals surface area contributed by atoms with E-state index in [1.54, 1.807) is 11.8 Å². The van der Waals surface area contributed by atoms with Gasteiger partial charge in [0.1, 0.15) is 0 Å². The topological polar surface area (TPSA) is 59.8 Å². The van der Waals surface area contributed by atoms with E-state index < -0.39 is 0 Å². The molecule has 2 atom stereocenters. The number of carbonyl (C=O) groups is 1. The van der Waals surface area contributed by atoms with Crippen molar-refractivity contribution in [1.29, 1.82) is 0 Å². The molecule has 1 amide bonds. The van der Waals surface area contributed by atoms with E-state index in [1.807, 2.05) is 18.4 Å². The summed E-state index contributed by atoms with van der Waals surface area (Å²) in [6.45, 7) is 7.85. The van der Waals surface area contributed by atoms with Gasteiger partial charge in [0.25, 0.3) is 0 Å². The molecule has 0 aromatic carbocycles. The van der Waals surface area contributed by atoms with Gasteiger partial charge in [0.15, 0.2) is 11.0 Å². The number of aromatic nitrogens is 3. The number of nitrogens with one attached hydrogen (secondary N) is 1. The van der Waals surface area contributed by atoms with Gasteiger partial charge in [-0.05, 0) is 55.1 Å². The van der Waals surface area contributed by atoms with Crippen LogP contribution in [0.15, 0.2) is 11.2 Å². The first-order valence-corrected chi connectivity index (χ1v) is 12.0. The second-order valence-corrected chi connectivity index (χ2v) is 11.4. The maximum atomic E-state index is 12.3. The molecule has 1 aliphatic carbocycles. The zero-order valence-corrected chi connectivity index (χ0v) is 18.9. The highest BCUT2D eigenvalue weighted by Crippen LogP contribution is 2.42. The van der Waals surface area contributed by atoms with E-state index >= 15 is 0 Å². The molecule has 28 heavy (non-hydrogen) atoms. The van der Waals surface area contributed by atoms with Gasteiger partial charge >= 0.3 is 0 Å². The maximum Gasteiger partial charge on any atom is 0.233 e. The maximum absolute atomic E-state index is 12.3. The zero-order chi connectivity index (χ0) is 19.9. The normalized spacial score (nSPS) is 23.2. The van der Waals surface area contributed by atoms with E-state index in [4.69, 9.17) is 0 Å². The van der Waals surface area contributed by atoms with E-state index in [0.29, 0.717) is 5.41 Å². The van der Waals surface area contributed by atoms with Crippen molar-refractivity contribution in [2.45, 2.75) is 69.7 Å². The van der Waals surface area contributed by atoms with Crippen LogP contribution in [-0.4, -0.2) is 32.5 Å². The molecule has 4 rings (SSSR count). The number of nitrogens with zero attached hydrogens (tertiary/aromatic N) is 3. The number of aryl methyl sites for hydroxylation is 1. The summed E-state index contributed by atoms with van der Waals surface area (Å²) in [5, 5.41) is 12.7. The van der Waals surface area contributed by atoms with Gasteiger partial charge in [-0.3, -0.25) is 4.79 Å². The van der Waals surface area contributed by atoms with E-state index in [1.165, 1.54) is 28.2 Å².